The van der Waals surface area contributed by atoms with Gasteiger partial charge in [0, 0.05) is 17.5 Å². The minimum Gasteiger partial charge on any atom is -0.489 e. The summed E-state index contributed by atoms with van der Waals surface area (Å²) in [7, 11) is 0. The van der Waals surface area contributed by atoms with Gasteiger partial charge in [-0.3, -0.25) is 0 Å². The summed E-state index contributed by atoms with van der Waals surface area (Å²) in [6, 6.07) is 8.70. The van der Waals surface area contributed by atoms with E-state index in [1.54, 1.807) is 12.1 Å². The van der Waals surface area contributed by atoms with Crippen LogP contribution >= 0.6 is 0 Å². The normalized spacial score (nSPS) is 11.5. The van der Waals surface area contributed by atoms with Crippen molar-refractivity contribution in [2.24, 2.45) is 0 Å². The second-order valence-corrected chi connectivity index (χ2v) is 5.65. The third kappa shape index (κ3) is 4.92. The maximum absolute atomic E-state index is 11.2. The Bertz CT molecular complexity index is 747. The van der Waals surface area contributed by atoms with E-state index < -0.39 is 0 Å². The first-order valence-electron chi connectivity index (χ1n) is 7.50. The van der Waals surface area contributed by atoms with E-state index in [4.69, 9.17) is 9.15 Å². The van der Waals surface area contributed by atoms with E-state index in [2.05, 4.69) is 32.9 Å². The molecular weight excluding hydrogens is 276 g/mol. The first kappa shape index (κ1) is 16.1. The van der Waals surface area contributed by atoms with Crippen LogP contribution in [0.25, 0.3) is 11.0 Å². The highest BCUT2D eigenvalue weighted by atomic mass is 16.5. The number of hydrogen-bond donors (Lipinski definition) is 0. The molecule has 2 rings (SSSR count). The van der Waals surface area contributed by atoms with Crippen molar-refractivity contribution in [2.45, 2.75) is 33.6 Å². The number of fused-ring (bicyclic) bond motifs is 1. The van der Waals surface area contributed by atoms with Crippen molar-refractivity contribution in [1.82, 2.24) is 0 Å². The summed E-state index contributed by atoms with van der Waals surface area (Å²) in [6.45, 7) is 6.82. The van der Waals surface area contributed by atoms with Crippen molar-refractivity contribution in [1.29, 1.82) is 0 Å². The number of allylic oxidation sites excluding steroid dienone is 3. The van der Waals surface area contributed by atoms with Crippen LogP contribution in [0, 0.1) is 0 Å². The van der Waals surface area contributed by atoms with Gasteiger partial charge in [-0.25, -0.2) is 4.79 Å². The molecule has 2 aromatic rings. The van der Waals surface area contributed by atoms with Crippen molar-refractivity contribution < 1.29 is 9.15 Å². The third-order valence-electron chi connectivity index (χ3n) is 3.27. The summed E-state index contributed by atoms with van der Waals surface area (Å²) < 4.78 is 10.9. The largest absolute Gasteiger partial charge is 0.489 e. The lowest BCUT2D eigenvalue weighted by Gasteiger charge is -2.07. The molecule has 22 heavy (non-hydrogen) atoms. The average Bonchev–Trinajstić information content (AvgIpc) is 2.49. The molecule has 0 amide bonds. The van der Waals surface area contributed by atoms with Gasteiger partial charge in [0.1, 0.15) is 17.9 Å². The molecule has 0 unspecified atom stereocenters. The molecule has 1 aromatic carbocycles. The van der Waals surface area contributed by atoms with E-state index in [1.807, 2.05) is 12.1 Å². The first-order valence-corrected chi connectivity index (χ1v) is 7.50. The first-order chi connectivity index (χ1) is 10.5. The maximum Gasteiger partial charge on any atom is 0.336 e. The van der Waals surface area contributed by atoms with Crippen LogP contribution in [0.1, 0.15) is 33.6 Å². The van der Waals surface area contributed by atoms with Gasteiger partial charge in [-0.1, -0.05) is 17.7 Å². The number of benzene rings is 1. The minimum atomic E-state index is -0.347. The van der Waals surface area contributed by atoms with Crippen LogP contribution < -0.4 is 10.4 Å². The Kier molecular flexibility index (Phi) is 5.59. The van der Waals surface area contributed by atoms with Gasteiger partial charge in [0.05, 0.1) is 0 Å². The fourth-order valence-corrected chi connectivity index (χ4v) is 2.09. The van der Waals surface area contributed by atoms with Crippen molar-refractivity contribution in [3.05, 3.63) is 64.1 Å². The molecule has 0 saturated carbocycles. The maximum atomic E-state index is 11.2. The molecule has 3 nitrogen and oxygen atoms in total. The van der Waals surface area contributed by atoms with E-state index in [1.165, 1.54) is 17.2 Å². The predicted octanol–water partition coefficient (Wildman–Crippen LogP) is 4.86. The number of unbranched alkanes of at least 4 members (excludes halogenated alkanes) is 1. The van der Waals surface area contributed by atoms with Crippen LogP contribution in [0.2, 0.25) is 0 Å². The van der Waals surface area contributed by atoms with Crippen molar-refractivity contribution in [3.8, 4) is 5.75 Å². The van der Waals surface area contributed by atoms with E-state index >= 15 is 0 Å². The number of rotatable bonds is 6. The topological polar surface area (TPSA) is 39.4 Å². The average molecular weight is 298 g/mol. The number of ether oxygens (including phenoxy) is 1. The summed E-state index contributed by atoms with van der Waals surface area (Å²) in [4.78, 5) is 11.2. The van der Waals surface area contributed by atoms with Gasteiger partial charge in [-0.15, -0.1) is 0 Å². The van der Waals surface area contributed by atoms with E-state index in [0.717, 1.165) is 18.2 Å². The van der Waals surface area contributed by atoms with Crippen molar-refractivity contribution in [3.63, 3.8) is 0 Å². The Hall–Kier alpha value is -2.29. The lowest BCUT2D eigenvalue weighted by Crippen LogP contribution is -1.99. The zero-order valence-electron chi connectivity index (χ0n) is 13.4. The zero-order chi connectivity index (χ0) is 15.9. The van der Waals surface area contributed by atoms with Gasteiger partial charge in [-0.05, 0) is 57.4 Å². The molecule has 1 heterocycles. The molecule has 0 atom stereocenters. The second kappa shape index (κ2) is 7.64. The molecule has 0 saturated heterocycles. The summed E-state index contributed by atoms with van der Waals surface area (Å²) >= 11 is 0. The highest BCUT2D eigenvalue weighted by Gasteiger charge is 2.00. The highest BCUT2D eigenvalue weighted by molar-refractivity contribution is 5.77. The Morgan fingerprint density at radius 2 is 1.82 bits per heavy atom. The lowest BCUT2D eigenvalue weighted by atomic mass is 10.2. The minimum absolute atomic E-state index is 0.347. The van der Waals surface area contributed by atoms with Crippen LogP contribution in [0.4, 0.5) is 0 Å². The molecular formula is C19H22O3. The Morgan fingerprint density at radius 1 is 1.09 bits per heavy atom. The van der Waals surface area contributed by atoms with Gasteiger partial charge in [0.25, 0.3) is 0 Å². The lowest BCUT2D eigenvalue weighted by molar-refractivity contribution is 0.351. The van der Waals surface area contributed by atoms with Crippen molar-refractivity contribution in [2.75, 3.05) is 6.61 Å². The molecule has 0 aliphatic rings. The molecule has 0 spiro atoms. The van der Waals surface area contributed by atoms with Crippen LogP contribution in [-0.2, 0) is 0 Å². The Labute approximate surface area is 130 Å². The second-order valence-electron chi connectivity index (χ2n) is 5.65. The molecule has 0 radical (unpaired) electrons. The standard InChI is InChI=1S/C19H22O3/c1-14(2)6-4-5-7-15(3)13-21-17-10-8-16-9-11-19(20)22-18(16)12-17/h6-12H,4-5,13H2,1-3H3. The SMILES string of the molecule is CC(C)=CCCC=C(C)COc1ccc2ccc(=O)oc2c1. The third-order valence-corrected chi connectivity index (χ3v) is 3.27. The highest BCUT2D eigenvalue weighted by Crippen LogP contribution is 2.20. The van der Waals surface area contributed by atoms with Crippen molar-refractivity contribution >= 4 is 11.0 Å². The van der Waals surface area contributed by atoms with Crippen LogP contribution in [0.3, 0.4) is 0 Å². The monoisotopic (exact) mass is 298 g/mol. The van der Waals surface area contributed by atoms with Gasteiger partial charge in [0.2, 0.25) is 0 Å². The quantitative estimate of drug-likeness (QED) is 0.434. The molecule has 0 bridgehead atoms. The number of hydrogen-bond acceptors (Lipinski definition) is 3. The Balaban J connectivity index is 1.95. The molecule has 0 aliphatic carbocycles. The van der Waals surface area contributed by atoms with Crippen LogP contribution in [-0.4, -0.2) is 6.61 Å². The van der Waals surface area contributed by atoms with Gasteiger partial charge < -0.3 is 9.15 Å². The molecule has 0 aliphatic heterocycles. The summed E-state index contributed by atoms with van der Waals surface area (Å²) in [5.41, 5.74) is 2.74. The molecule has 116 valence electrons. The van der Waals surface area contributed by atoms with Gasteiger partial charge >= 0.3 is 5.63 Å². The Morgan fingerprint density at radius 3 is 2.59 bits per heavy atom. The zero-order valence-corrected chi connectivity index (χ0v) is 13.4. The molecule has 1 aromatic heterocycles. The van der Waals surface area contributed by atoms with E-state index in [-0.39, 0.29) is 5.63 Å². The van der Waals surface area contributed by atoms with E-state index in [0.29, 0.717) is 17.9 Å². The molecule has 0 N–H and O–H groups in total. The van der Waals surface area contributed by atoms with Gasteiger partial charge in [0.15, 0.2) is 0 Å². The summed E-state index contributed by atoms with van der Waals surface area (Å²) in [5, 5.41) is 0.890. The molecule has 3 heteroatoms. The fraction of sp³-hybridized carbons (Fsp3) is 0.316. The fourth-order valence-electron chi connectivity index (χ4n) is 2.09. The van der Waals surface area contributed by atoms with Gasteiger partial charge in [-0.2, -0.15) is 0 Å². The summed E-state index contributed by atoms with van der Waals surface area (Å²) in [5.74, 6) is 0.707. The summed E-state index contributed by atoms with van der Waals surface area (Å²) in [6.07, 6.45) is 6.50. The van der Waals surface area contributed by atoms with Crippen LogP contribution in [0.5, 0.6) is 5.75 Å². The van der Waals surface area contributed by atoms with E-state index in [9.17, 15) is 4.79 Å². The molecule has 0 fully saturated rings. The smallest absolute Gasteiger partial charge is 0.336 e. The predicted molar refractivity (Wildman–Crippen MR) is 90.4 cm³/mol. The van der Waals surface area contributed by atoms with Crippen LogP contribution in [0.15, 0.2) is 62.8 Å².